The Morgan fingerprint density at radius 3 is 2.32 bits per heavy atom. The zero-order valence-corrected chi connectivity index (χ0v) is 14.8. The van der Waals surface area contributed by atoms with Gasteiger partial charge < -0.3 is 0 Å². The number of anilines is 1. The van der Waals surface area contributed by atoms with E-state index in [1.165, 1.54) is 12.3 Å². The van der Waals surface area contributed by atoms with E-state index in [9.17, 15) is 8.42 Å². The fourth-order valence-corrected chi connectivity index (χ4v) is 4.06. The number of halogens is 3. The fourth-order valence-electron chi connectivity index (χ4n) is 1.31. The van der Waals surface area contributed by atoms with Gasteiger partial charge in [-0.15, -0.1) is 0 Å². The van der Waals surface area contributed by atoms with Gasteiger partial charge >= 0.3 is 0 Å². The van der Waals surface area contributed by atoms with Crippen LogP contribution in [0, 0.1) is 0 Å². The molecule has 0 aliphatic heterocycles. The molecule has 0 amide bonds. The lowest BCUT2D eigenvalue weighted by atomic mass is 10.4. The van der Waals surface area contributed by atoms with Gasteiger partial charge in [-0.3, -0.25) is 4.72 Å². The number of nitrogens with one attached hydrogen (secondary N) is 1. The van der Waals surface area contributed by atoms with Crippen LogP contribution in [0.1, 0.15) is 0 Å². The van der Waals surface area contributed by atoms with Crippen LogP contribution in [0.3, 0.4) is 0 Å². The van der Waals surface area contributed by atoms with Gasteiger partial charge in [0, 0.05) is 19.6 Å². The molecule has 0 aliphatic carbocycles. The van der Waals surface area contributed by atoms with E-state index in [-0.39, 0.29) is 10.7 Å². The second-order valence-corrected chi connectivity index (χ2v) is 7.88. The Balaban J connectivity index is 2.37. The summed E-state index contributed by atoms with van der Waals surface area (Å²) in [5, 5.41) is 0. The van der Waals surface area contributed by atoms with Gasteiger partial charge in [0.2, 0.25) is 0 Å². The highest BCUT2D eigenvalue weighted by molar-refractivity contribution is 9.11. The maximum Gasteiger partial charge on any atom is 0.264 e. The maximum absolute atomic E-state index is 12.2. The van der Waals surface area contributed by atoms with Crippen molar-refractivity contribution in [3.05, 3.63) is 49.9 Å². The molecule has 2 aromatic rings. The number of hydrogen-bond acceptors (Lipinski definition) is 3. The fraction of sp³-hybridized carbons (Fsp3) is 0. The van der Waals surface area contributed by atoms with Gasteiger partial charge in [-0.25, -0.2) is 13.4 Å². The minimum absolute atomic E-state index is 0.145. The summed E-state index contributed by atoms with van der Waals surface area (Å²) in [5.74, 6) is 0.259. The molecule has 0 unspecified atom stereocenters. The summed E-state index contributed by atoms with van der Waals surface area (Å²) in [5.41, 5.74) is 0. The van der Waals surface area contributed by atoms with Gasteiger partial charge in [0.05, 0.1) is 0 Å². The molecule has 1 aromatic heterocycles. The van der Waals surface area contributed by atoms with Gasteiger partial charge in [-0.2, -0.15) is 0 Å². The molecule has 100 valence electrons. The standard InChI is InChI=1S/C11H7Br3N2O2S/c12-7-1-3-9(14)10(5-7)19(17,18)16-11-4-2-8(13)6-15-11/h1-6H,(H,15,16). The summed E-state index contributed by atoms with van der Waals surface area (Å²) < 4.78 is 28.9. The Hall–Kier alpha value is -0.440. The van der Waals surface area contributed by atoms with Crippen molar-refractivity contribution in [2.75, 3.05) is 4.72 Å². The van der Waals surface area contributed by atoms with Crippen LogP contribution < -0.4 is 4.72 Å². The van der Waals surface area contributed by atoms with E-state index in [4.69, 9.17) is 0 Å². The molecule has 0 bridgehead atoms. The van der Waals surface area contributed by atoms with Gasteiger partial charge in [0.1, 0.15) is 10.7 Å². The van der Waals surface area contributed by atoms with Crippen LogP contribution in [0.5, 0.6) is 0 Å². The van der Waals surface area contributed by atoms with Crippen molar-refractivity contribution in [1.82, 2.24) is 4.98 Å². The molecule has 4 nitrogen and oxygen atoms in total. The Bertz CT molecular complexity index is 702. The number of hydrogen-bond donors (Lipinski definition) is 1. The van der Waals surface area contributed by atoms with Crippen molar-refractivity contribution in [3.8, 4) is 0 Å². The largest absolute Gasteiger partial charge is 0.264 e. The number of pyridine rings is 1. The highest BCUT2D eigenvalue weighted by Crippen LogP contribution is 2.27. The van der Waals surface area contributed by atoms with Gasteiger partial charge in [0.15, 0.2) is 0 Å². The molecule has 2 rings (SSSR count). The zero-order valence-electron chi connectivity index (χ0n) is 9.27. The lowest BCUT2D eigenvalue weighted by molar-refractivity contribution is 0.600. The summed E-state index contributed by atoms with van der Waals surface area (Å²) in [7, 11) is -3.68. The first kappa shape index (κ1) is 15.0. The molecular formula is C11H7Br3N2O2S. The summed E-state index contributed by atoms with van der Waals surface area (Å²) in [6.07, 6.45) is 1.52. The van der Waals surface area contributed by atoms with Crippen molar-refractivity contribution < 1.29 is 8.42 Å². The second-order valence-electron chi connectivity index (χ2n) is 3.54. The molecule has 1 N–H and O–H groups in total. The molecule has 0 aliphatic rings. The summed E-state index contributed by atoms with van der Waals surface area (Å²) in [6.45, 7) is 0. The third-order valence-electron chi connectivity index (χ3n) is 2.15. The summed E-state index contributed by atoms with van der Waals surface area (Å²) in [6, 6.07) is 8.22. The predicted octanol–water partition coefficient (Wildman–Crippen LogP) is 4.17. The first-order valence-corrected chi connectivity index (χ1v) is 8.84. The Morgan fingerprint density at radius 1 is 1.00 bits per heavy atom. The predicted molar refractivity (Wildman–Crippen MR) is 84.6 cm³/mol. The van der Waals surface area contributed by atoms with E-state index < -0.39 is 10.0 Å². The minimum atomic E-state index is -3.68. The number of benzene rings is 1. The third-order valence-corrected chi connectivity index (χ3v) is 5.46. The van der Waals surface area contributed by atoms with Crippen LogP contribution in [0.25, 0.3) is 0 Å². The molecule has 0 atom stereocenters. The van der Waals surface area contributed by atoms with Crippen molar-refractivity contribution in [3.63, 3.8) is 0 Å². The van der Waals surface area contributed by atoms with E-state index in [2.05, 4.69) is 57.5 Å². The van der Waals surface area contributed by atoms with E-state index >= 15 is 0 Å². The van der Waals surface area contributed by atoms with E-state index in [1.807, 2.05) is 0 Å². The smallest absolute Gasteiger partial charge is 0.263 e. The number of rotatable bonds is 3. The van der Waals surface area contributed by atoms with Crippen molar-refractivity contribution in [2.45, 2.75) is 4.90 Å². The molecule has 19 heavy (non-hydrogen) atoms. The first-order chi connectivity index (χ1) is 8.88. The maximum atomic E-state index is 12.2. The van der Waals surface area contributed by atoms with Gasteiger partial charge in [0.25, 0.3) is 10.0 Å². The Morgan fingerprint density at radius 2 is 1.68 bits per heavy atom. The molecule has 1 heterocycles. The zero-order chi connectivity index (χ0) is 14.0. The summed E-state index contributed by atoms with van der Waals surface area (Å²) in [4.78, 5) is 4.12. The van der Waals surface area contributed by atoms with Crippen LogP contribution in [-0.4, -0.2) is 13.4 Å². The monoisotopic (exact) mass is 468 g/mol. The molecule has 0 fully saturated rings. The van der Waals surface area contributed by atoms with Gasteiger partial charge in [-0.05, 0) is 62.2 Å². The molecule has 0 saturated heterocycles. The Labute approximate surface area is 136 Å². The lowest BCUT2D eigenvalue weighted by Crippen LogP contribution is -2.14. The quantitative estimate of drug-likeness (QED) is 0.732. The van der Waals surface area contributed by atoms with Crippen molar-refractivity contribution in [1.29, 1.82) is 0 Å². The average molecular weight is 471 g/mol. The average Bonchev–Trinajstić information content (AvgIpc) is 2.35. The van der Waals surface area contributed by atoms with Crippen LogP contribution >= 0.6 is 47.8 Å². The second kappa shape index (κ2) is 5.90. The molecule has 8 heteroatoms. The van der Waals surface area contributed by atoms with Crippen LogP contribution in [0.15, 0.2) is 54.8 Å². The normalized spacial score (nSPS) is 11.3. The van der Waals surface area contributed by atoms with Crippen molar-refractivity contribution in [2.24, 2.45) is 0 Å². The van der Waals surface area contributed by atoms with Crippen LogP contribution in [-0.2, 0) is 10.0 Å². The van der Waals surface area contributed by atoms with E-state index in [0.717, 1.165) is 4.47 Å². The summed E-state index contributed by atoms with van der Waals surface area (Å²) >= 11 is 9.71. The third kappa shape index (κ3) is 3.77. The highest BCUT2D eigenvalue weighted by Gasteiger charge is 2.18. The van der Waals surface area contributed by atoms with E-state index in [1.54, 1.807) is 24.3 Å². The van der Waals surface area contributed by atoms with E-state index in [0.29, 0.717) is 8.95 Å². The number of nitrogens with zero attached hydrogens (tertiary/aromatic N) is 1. The Kier molecular flexibility index (Phi) is 4.65. The minimum Gasteiger partial charge on any atom is -0.263 e. The topological polar surface area (TPSA) is 59.1 Å². The SMILES string of the molecule is O=S(=O)(Nc1ccc(Br)cn1)c1cc(Br)ccc1Br. The first-order valence-electron chi connectivity index (χ1n) is 4.98. The molecular weight excluding hydrogens is 464 g/mol. The van der Waals surface area contributed by atoms with Crippen LogP contribution in [0.2, 0.25) is 0 Å². The van der Waals surface area contributed by atoms with Crippen molar-refractivity contribution >= 4 is 63.6 Å². The number of sulfonamides is 1. The molecule has 0 saturated carbocycles. The lowest BCUT2D eigenvalue weighted by Gasteiger charge is -2.09. The molecule has 1 aromatic carbocycles. The molecule has 0 spiro atoms. The highest BCUT2D eigenvalue weighted by atomic mass is 79.9. The van der Waals surface area contributed by atoms with Gasteiger partial charge in [-0.1, -0.05) is 15.9 Å². The molecule has 0 radical (unpaired) electrons. The van der Waals surface area contributed by atoms with Crippen LogP contribution in [0.4, 0.5) is 5.82 Å². The number of aromatic nitrogens is 1.